The van der Waals surface area contributed by atoms with E-state index >= 15 is 0 Å². The number of rotatable bonds is 9. The van der Waals surface area contributed by atoms with Crippen LogP contribution in [0.1, 0.15) is 105 Å². The molecule has 1 unspecified atom stereocenters. The van der Waals surface area contributed by atoms with Crippen LogP contribution in [0.4, 0.5) is 0 Å². The van der Waals surface area contributed by atoms with Gasteiger partial charge in [0.05, 0.1) is 18.1 Å². The second kappa shape index (κ2) is 12.4. The van der Waals surface area contributed by atoms with Crippen molar-refractivity contribution < 1.29 is 14.7 Å². The number of ketones is 1. The molecule has 2 aliphatic rings. The van der Waals surface area contributed by atoms with Crippen LogP contribution in [0, 0.1) is 5.92 Å². The van der Waals surface area contributed by atoms with Crippen molar-refractivity contribution in [2.75, 3.05) is 13.6 Å². The average molecular weight is 541 g/mol. The Morgan fingerprint density at radius 3 is 2.55 bits per heavy atom. The highest BCUT2D eigenvalue weighted by Gasteiger charge is 2.40. The summed E-state index contributed by atoms with van der Waals surface area (Å²) in [5.74, 6) is 0.0890. The lowest BCUT2D eigenvalue weighted by atomic mass is 9.82. The van der Waals surface area contributed by atoms with E-state index in [1.165, 1.54) is 17.8 Å². The first-order valence-corrected chi connectivity index (χ1v) is 15.0. The van der Waals surface area contributed by atoms with E-state index in [-0.39, 0.29) is 41.1 Å². The van der Waals surface area contributed by atoms with E-state index in [1.807, 2.05) is 30.5 Å². The molecule has 38 heavy (non-hydrogen) atoms. The molecule has 1 aliphatic heterocycles. The third kappa shape index (κ3) is 6.53. The zero-order chi connectivity index (χ0) is 27.4. The van der Waals surface area contributed by atoms with Gasteiger partial charge in [0.25, 0.3) is 0 Å². The Morgan fingerprint density at radius 2 is 1.87 bits per heavy atom. The molecule has 1 aromatic heterocycles. The molecule has 8 heteroatoms. The van der Waals surface area contributed by atoms with Gasteiger partial charge in [0.15, 0.2) is 0 Å². The van der Waals surface area contributed by atoms with Gasteiger partial charge in [0, 0.05) is 17.5 Å². The van der Waals surface area contributed by atoms with Crippen LogP contribution in [0.15, 0.2) is 29.6 Å². The smallest absolute Gasteiger partial charge is 0.237 e. The van der Waals surface area contributed by atoms with Crippen molar-refractivity contribution in [1.29, 1.82) is 0 Å². The van der Waals surface area contributed by atoms with Crippen LogP contribution >= 0.6 is 11.3 Å². The number of carbonyl (C=O) groups is 2. The van der Waals surface area contributed by atoms with Gasteiger partial charge in [-0.1, -0.05) is 58.2 Å². The number of hydrogen-bond acceptors (Lipinski definition) is 7. The number of aliphatic hydroxyl groups is 1. The van der Waals surface area contributed by atoms with Crippen LogP contribution < -0.4 is 10.6 Å². The maximum Gasteiger partial charge on any atom is 0.237 e. The van der Waals surface area contributed by atoms with E-state index < -0.39 is 6.23 Å². The summed E-state index contributed by atoms with van der Waals surface area (Å²) in [4.78, 5) is 33.1. The zero-order valence-electron chi connectivity index (χ0n) is 23.5. The fraction of sp³-hybridized carbons (Fsp3) is 0.633. The number of hydrogen-bond donors (Lipinski definition) is 3. The van der Waals surface area contributed by atoms with E-state index in [9.17, 15) is 14.7 Å². The standard InChI is InChI=1S/C30H44N4O3S/c1-19(31-5)27(36)33-25(20-11-7-6-8-12-20)29(37)34-16-10-15-24(34)28-32-23(18-38-28)26(35)21-13-9-14-22(17-21)30(2,3)4/h9,13-14,17-20,24-25,29,31,37H,6-8,10-12,15-16H2,1-5H3,(H,33,36)/t19-,24-,25-,29?/m0/s1. The molecule has 2 heterocycles. The third-order valence-corrected chi connectivity index (χ3v) is 9.22. The summed E-state index contributed by atoms with van der Waals surface area (Å²) < 4.78 is 0. The average Bonchev–Trinajstić information content (AvgIpc) is 3.60. The zero-order valence-corrected chi connectivity index (χ0v) is 24.3. The number of aromatic nitrogens is 1. The van der Waals surface area contributed by atoms with Crippen molar-refractivity contribution in [3.05, 3.63) is 51.5 Å². The van der Waals surface area contributed by atoms with Crippen LogP contribution in [0.3, 0.4) is 0 Å². The van der Waals surface area contributed by atoms with Gasteiger partial charge in [-0.05, 0) is 62.6 Å². The SMILES string of the molecule is CN[C@@H](C)C(=O)N[C@@H](C1CCCCC1)C(O)N1CCC[C@H]1c1nc(C(=O)c2cccc(C(C)(C)C)c2)cs1. The van der Waals surface area contributed by atoms with E-state index in [0.717, 1.165) is 55.6 Å². The third-order valence-electron chi connectivity index (χ3n) is 8.28. The fourth-order valence-electron chi connectivity index (χ4n) is 5.75. The first-order valence-electron chi connectivity index (χ1n) is 14.1. The molecule has 1 saturated heterocycles. The lowest BCUT2D eigenvalue weighted by Gasteiger charge is -2.40. The minimum Gasteiger partial charge on any atom is -0.376 e. The molecule has 7 nitrogen and oxygen atoms in total. The summed E-state index contributed by atoms with van der Waals surface area (Å²) in [5.41, 5.74) is 2.18. The van der Waals surface area contributed by atoms with Crippen molar-refractivity contribution >= 4 is 23.0 Å². The number of aliphatic hydroxyl groups excluding tert-OH is 1. The highest BCUT2D eigenvalue weighted by Crippen LogP contribution is 2.38. The van der Waals surface area contributed by atoms with E-state index in [0.29, 0.717) is 11.3 Å². The number of amides is 1. The Balaban J connectivity index is 1.53. The van der Waals surface area contributed by atoms with Gasteiger partial charge in [-0.2, -0.15) is 0 Å². The van der Waals surface area contributed by atoms with Crippen molar-refractivity contribution in [3.8, 4) is 0 Å². The minimum atomic E-state index is -0.801. The van der Waals surface area contributed by atoms with Gasteiger partial charge in [-0.3, -0.25) is 14.5 Å². The second-order valence-electron chi connectivity index (χ2n) is 12.0. The number of carbonyl (C=O) groups excluding carboxylic acids is 2. The lowest BCUT2D eigenvalue weighted by molar-refractivity contribution is -0.127. The highest BCUT2D eigenvalue weighted by molar-refractivity contribution is 7.10. The summed E-state index contributed by atoms with van der Waals surface area (Å²) in [6, 6.07) is 7.09. The molecular weight excluding hydrogens is 496 g/mol. The molecule has 4 atom stereocenters. The van der Waals surface area contributed by atoms with E-state index in [2.05, 4.69) is 42.4 Å². The second-order valence-corrected chi connectivity index (χ2v) is 12.9. The quantitative estimate of drug-likeness (QED) is 0.396. The maximum atomic E-state index is 13.3. The Kier molecular flexibility index (Phi) is 9.40. The Bertz CT molecular complexity index is 1100. The van der Waals surface area contributed by atoms with Crippen LogP contribution in [-0.4, -0.2) is 58.6 Å². The van der Waals surface area contributed by atoms with Crippen LogP contribution in [0.25, 0.3) is 0 Å². The first-order chi connectivity index (χ1) is 18.1. The van der Waals surface area contributed by atoms with Crippen LogP contribution in [-0.2, 0) is 10.2 Å². The molecule has 0 bridgehead atoms. The summed E-state index contributed by atoms with van der Waals surface area (Å²) in [7, 11) is 1.77. The molecule has 1 saturated carbocycles. The van der Waals surface area contributed by atoms with Crippen molar-refractivity contribution in [2.24, 2.45) is 5.92 Å². The lowest BCUT2D eigenvalue weighted by Crippen LogP contribution is -2.57. The fourth-order valence-corrected chi connectivity index (χ4v) is 6.70. The summed E-state index contributed by atoms with van der Waals surface area (Å²) >= 11 is 1.49. The molecule has 2 aromatic rings. The van der Waals surface area contributed by atoms with Gasteiger partial charge in [-0.25, -0.2) is 4.98 Å². The molecule has 0 spiro atoms. The molecule has 208 valence electrons. The molecule has 0 radical (unpaired) electrons. The van der Waals surface area contributed by atoms with E-state index in [1.54, 1.807) is 7.05 Å². The normalized spacial score (nSPS) is 21.7. The molecule has 1 aromatic carbocycles. The van der Waals surface area contributed by atoms with Crippen LogP contribution in [0.5, 0.6) is 0 Å². The van der Waals surface area contributed by atoms with E-state index in [4.69, 9.17) is 4.98 Å². The number of thiazole rings is 1. The molecule has 3 N–H and O–H groups in total. The Morgan fingerprint density at radius 1 is 1.13 bits per heavy atom. The first kappa shape index (κ1) is 28.9. The predicted molar refractivity (Wildman–Crippen MR) is 152 cm³/mol. The van der Waals surface area contributed by atoms with Gasteiger partial charge in [0.1, 0.15) is 16.9 Å². The van der Waals surface area contributed by atoms with Crippen molar-refractivity contribution in [2.45, 2.75) is 102 Å². The largest absolute Gasteiger partial charge is 0.376 e. The number of likely N-dealkylation sites (tertiary alicyclic amines) is 1. The van der Waals surface area contributed by atoms with Gasteiger partial charge in [0.2, 0.25) is 11.7 Å². The topological polar surface area (TPSA) is 94.6 Å². The Labute approximate surface area is 231 Å². The highest BCUT2D eigenvalue weighted by atomic mass is 32.1. The minimum absolute atomic E-state index is 0.0424. The number of benzene rings is 1. The van der Waals surface area contributed by atoms with Gasteiger partial charge < -0.3 is 15.7 Å². The Hall–Kier alpha value is -2.13. The molecule has 1 aliphatic carbocycles. The summed E-state index contributed by atoms with van der Waals surface area (Å²) in [6.07, 6.45) is 6.50. The number of likely N-dealkylation sites (N-methyl/N-ethyl adjacent to an activating group) is 1. The van der Waals surface area contributed by atoms with Gasteiger partial charge >= 0.3 is 0 Å². The number of nitrogens with zero attached hydrogens (tertiary/aromatic N) is 2. The molecule has 1 amide bonds. The maximum absolute atomic E-state index is 13.3. The van der Waals surface area contributed by atoms with Gasteiger partial charge in [-0.15, -0.1) is 11.3 Å². The van der Waals surface area contributed by atoms with Crippen LogP contribution in [0.2, 0.25) is 0 Å². The predicted octanol–water partition coefficient (Wildman–Crippen LogP) is 4.80. The summed E-state index contributed by atoms with van der Waals surface area (Å²) in [6.45, 7) is 8.99. The number of nitrogens with one attached hydrogen (secondary N) is 2. The van der Waals surface area contributed by atoms with Crippen molar-refractivity contribution in [3.63, 3.8) is 0 Å². The monoisotopic (exact) mass is 540 g/mol. The molecule has 2 fully saturated rings. The van der Waals surface area contributed by atoms with Crippen molar-refractivity contribution in [1.82, 2.24) is 20.5 Å². The molecule has 4 rings (SSSR count). The summed E-state index contributed by atoms with van der Waals surface area (Å²) in [5, 5.41) is 20.6. The molecular formula is C30H44N4O3S.